The molecule has 3 aliphatic rings. The van der Waals surface area contributed by atoms with E-state index in [1.54, 1.807) is 4.90 Å². The number of urea groups is 1. The van der Waals surface area contributed by atoms with Gasteiger partial charge in [-0.2, -0.15) is 13.5 Å². The summed E-state index contributed by atoms with van der Waals surface area (Å²) in [6, 6.07) is -1.16. The SMILES string of the molecule is CC1CC(c2nnc([C@@H]3CC[C@@H]4CN3C(=O)N4OS(=O)(=O)O)s2)C1. The summed E-state index contributed by atoms with van der Waals surface area (Å²) >= 11 is 1.54. The van der Waals surface area contributed by atoms with Gasteiger partial charge in [-0.3, -0.25) is 4.55 Å². The molecule has 2 bridgehead atoms. The van der Waals surface area contributed by atoms with Crippen molar-refractivity contribution in [2.24, 2.45) is 5.92 Å². The summed E-state index contributed by atoms with van der Waals surface area (Å²) in [5.74, 6) is 1.19. The number of hydrogen-bond donors (Lipinski definition) is 1. The van der Waals surface area contributed by atoms with E-state index in [4.69, 9.17) is 4.55 Å². The molecule has 1 saturated carbocycles. The van der Waals surface area contributed by atoms with Crippen molar-refractivity contribution in [2.75, 3.05) is 6.54 Å². The van der Waals surface area contributed by atoms with E-state index in [-0.39, 0.29) is 12.1 Å². The van der Waals surface area contributed by atoms with E-state index in [0.29, 0.717) is 25.3 Å². The first-order chi connectivity index (χ1) is 11.3. The molecular weight excluding hydrogens is 356 g/mol. The molecule has 0 aromatic carbocycles. The van der Waals surface area contributed by atoms with Gasteiger partial charge in [-0.15, -0.1) is 14.5 Å². The highest BCUT2D eigenvalue weighted by atomic mass is 32.3. The predicted molar refractivity (Wildman–Crippen MR) is 83.4 cm³/mol. The second kappa shape index (κ2) is 5.61. The zero-order valence-electron chi connectivity index (χ0n) is 13.0. The molecule has 1 N–H and O–H groups in total. The van der Waals surface area contributed by atoms with E-state index in [2.05, 4.69) is 21.4 Å². The molecule has 11 heteroatoms. The van der Waals surface area contributed by atoms with Crippen LogP contribution in [0.25, 0.3) is 0 Å². The minimum atomic E-state index is -4.72. The van der Waals surface area contributed by atoms with E-state index in [1.807, 2.05) is 0 Å². The number of carbonyl (C=O) groups is 1. The lowest BCUT2D eigenvalue weighted by atomic mass is 9.77. The number of amides is 2. The van der Waals surface area contributed by atoms with Gasteiger partial charge in [-0.05, 0) is 31.6 Å². The van der Waals surface area contributed by atoms with Gasteiger partial charge in [0.05, 0.1) is 12.1 Å². The van der Waals surface area contributed by atoms with Crippen molar-refractivity contribution in [3.63, 3.8) is 0 Å². The molecule has 1 aromatic rings. The summed E-state index contributed by atoms with van der Waals surface area (Å²) in [5, 5.41) is 11.1. The molecule has 4 rings (SSSR count). The molecule has 0 unspecified atom stereocenters. The molecule has 1 aromatic heterocycles. The Morgan fingerprint density at radius 3 is 2.62 bits per heavy atom. The molecule has 0 radical (unpaired) electrons. The summed E-state index contributed by atoms with van der Waals surface area (Å²) in [6.45, 7) is 2.57. The van der Waals surface area contributed by atoms with Gasteiger partial charge in [0, 0.05) is 12.5 Å². The molecule has 24 heavy (non-hydrogen) atoms. The standard InChI is InChI=1S/C13H18N4O5S2/c1-7-4-8(5-7)11-14-15-12(23-11)10-3-2-9-6-16(10)13(18)17(9)22-24(19,20)21/h7-10H,2-6H2,1H3,(H,19,20,21)/t7?,8?,9-,10+/m1/s1. The maximum absolute atomic E-state index is 12.4. The fourth-order valence-electron chi connectivity index (χ4n) is 3.74. The van der Waals surface area contributed by atoms with Crippen LogP contribution in [0.5, 0.6) is 0 Å². The minimum absolute atomic E-state index is 0.215. The van der Waals surface area contributed by atoms with E-state index in [9.17, 15) is 13.2 Å². The second-order valence-electron chi connectivity index (χ2n) is 6.76. The van der Waals surface area contributed by atoms with E-state index < -0.39 is 16.4 Å². The van der Waals surface area contributed by atoms with Crippen molar-refractivity contribution in [3.05, 3.63) is 10.0 Å². The molecule has 132 valence electrons. The highest BCUT2D eigenvalue weighted by Crippen LogP contribution is 2.45. The summed E-state index contributed by atoms with van der Waals surface area (Å²) in [5.41, 5.74) is 0. The first-order valence-electron chi connectivity index (χ1n) is 7.92. The van der Waals surface area contributed by atoms with Crippen LogP contribution in [0.2, 0.25) is 0 Å². The molecule has 1 aliphatic carbocycles. The third-order valence-electron chi connectivity index (χ3n) is 4.96. The van der Waals surface area contributed by atoms with Gasteiger partial charge in [-0.1, -0.05) is 18.3 Å². The summed E-state index contributed by atoms with van der Waals surface area (Å²) in [6.07, 6.45) is 3.50. The van der Waals surface area contributed by atoms with Gasteiger partial charge in [0.25, 0.3) is 0 Å². The monoisotopic (exact) mass is 374 g/mol. The quantitative estimate of drug-likeness (QED) is 0.798. The highest BCUT2D eigenvalue weighted by Gasteiger charge is 2.48. The average molecular weight is 374 g/mol. The van der Waals surface area contributed by atoms with Gasteiger partial charge in [-0.25, -0.2) is 4.79 Å². The number of carbonyl (C=O) groups excluding carboxylic acids is 1. The lowest BCUT2D eigenvalue weighted by molar-refractivity contribution is -0.0317. The first-order valence-corrected chi connectivity index (χ1v) is 10.1. The van der Waals surface area contributed by atoms with Crippen molar-refractivity contribution in [2.45, 2.75) is 50.6 Å². The van der Waals surface area contributed by atoms with Crippen LogP contribution in [0.1, 0.15) is 54.6 Å². The van der Waals surface area contributed by atoms with Crippen LogP contribution in [0.4, 0.5) is 4.79 Å². The fraction of sp³-hybridized carbons (Fsp3) is 0.769. The Hall–Kier alpha value is -1.30. The van der Waals surface area contributed by atoms with Crippen LogP contribution in [-0.2, 0) is 14.7 Å². The zero-order valence-corrected chi connectivity index (χ0v) is 14.7. The van der Waals surface area contributed by atoms with Crippen LogP contribution >= 0.6 is 11.3 Å². The zero-order chi connectivity index (χ0) is 17.1. The predicted octanol–water partition coefficient (Wildman–Crippen LogP) is 1.73. The smallest absolute Gasteiger partial charge is 0.311 e. The van der Waals surface area contributed by atoms with Gasteiger partial charge < -0.3 is 4.90 Å². The van der Waals surface area contributed by atoms with Crippen LogP contribution < -0.4 is 0 Å². The second-order valence-corrected chi connectivity index (χ2v) is 8.81. The minimum Gasteiger partial charge on any atom is -0.311 e. The molecule has 3 heterocycles. The molecule has 2 amide bonds. The van der Waals surface area contributed by atoms with Gasteiger partial charge in [0.15, 0.2) is 0 Å². The van der Waals surface area contributed by atoms with Gasteiger partial charge in [0.1, 0.15) is 10.0 Å². The van der Waals surface area contributed by atoms with Gasteiger partial charge in [0.2, 0.25) is 0 Å². The lowest BCUT2D eigenvalue weighted by Gasteiger charge is -2.30. The largest absolute Gasteiger partial charge is 0.418 e. The third kappa shape index (κ3) is 2.79. The number of rotatable bonds is 4. The Kier molecular flexibility index (Phi) is 3.79. The Morgan fingerprint density at radius 1 is 1.25 bits per heavy atom. The Morgan fingerprint density at radius 2 is 1.96 bits per heavy atom. The van der Waals surface area contributed by atoms with Gasteiger partial charge >= 0.3 is 16.4 Å². The maximum atomic E-state index is 12.4. The topological polar surface area (TPSA) is 113 Å². The molecule has 2 atom stereocenters. The third-order valence-corrected chi connectivity index (χ3v) is 6.50. The number of nitrogens with zero attached hydrogens (tertiary/aromatic N) is 4. The van der Waals surface area contributed by atoms with Crippen molar-refractivity contribution < 1.29 is 22.0 Å². The van der Waals surface area contributed by atoms with Crippen LogP contribution in [-0.4, -0.2) is 51.7 Å². The number of fused-ring (bicyclic) bond motifs is 2. The van der Waals surface area contributed by atoms with Crippen LogP contribution in [0, 0.1) is 5.92 Å². The Bertz CT molecular complexity index is 760. The maximum Gasteiger partial charge on any atom is 0.418 e. The summed E-state index contributed by atoms with van der Waals surface area (Å²) in [7, 11) is -4.72. The van der Waals surface area contributed by atoms with Crippen molar-refractivity contribution in [1.29, 1.82) is 0 Å². The van der Waals surface area contributed by atoms with E-state index in [1.165, 1.54) is 11.3 Å². The number of aromatic nitrogens is 2. The van der Waals surface area contributed by atoms with Crippen molar-refractivity contribution >= 4 is 27.8 Å². The molecule has 3 fully saturated rings. The van der Waals surface area contributed by atoms with Crippen molar-refractivity contribution in [1.82, 2.24) is 20.2 Å². The van der Waals surface area contributed by atoms with Crippen molar-refractivity contribution in [3.8, 4) is 0 Å². The average Bonchev–Trinajstić information content (AvgIpc) is 3.04. The van der Waals surface area contributed by atoms with E-state index in [0.717, 1.165) is 33.8 Å². The molecule has 2 aliphatic heterocycles. The number of piperidine rings is 1. The molecule has 2 saturated heterocycles. The van der Waals surface area contributed by atoms with Crippen LogP contribution in [0.3, 0.4) is 0 Å². The first kappa shape index (κ1) is 16.2. The van der Waals surface area contributed by atoms with E-state index >= 15 is 0 Å². The molecule has 9 nitrogen and oxygen atoms in total. The number of hydroxylamine groups is 2. The molecule has 0 spiro atoms. The lowest BCUT2D eigenvalue weighted by Crippen LogP contribution is -2.35. The normalized spacial score (nSPS) is 33.0. The highest BCUT2D eigenvalue weighted by molar-refractivity contribution is 7.80. The Balaban J connectivity index is 1.51. The fourth-order valence-corrected chi connectivity index (χ4v) is 5.24. The van der Waals surface area contributed by atoms with Crippen LogP contribution in [0.15, 0.2) is 0 Å². The summed E-state index contributed by atoms with van der Waals surface area (Å²) in [4.78, 5) is 14.0. The number of hydrogen-bond acceptors (Lipinski definition) is 7. The molecular formula is C13H18N4O5S2. The summed E-state index contributed by atoms with van der Waals surface area (Å²) < 4.78 is 35.1. The Labute approximate surface area is 143 Å².